The minimum Gasteiger partial charge on any atom is -0.469 e. The molecule has 1 aliphatic rings. The fraction of sp³-hybridized carbons (Fsp3) is 0.600. The predicted molar refractivity (Wildman–Crippen MR) is 144 cm³/mol. The molecule has 2 N–H and O–H groups in total. The zero-order valence-electron chi connectivity index (χ0n) is 21.9. The van der Waals surface area contributed by atoms with E-state index in [1.807, 2.05) is 37.8 Å². The van der Waals surface area contributed by atoms with Crippen molar-refractivity contribution in [1.82, 2.24) is 20.2 Å². The van der Waals surface area contributed by atoms with Crippen LogP contribution in [0.5, 0.6) is 0 Å². The molecule has 3 heterocycles. The van der Waals surface area contributed by atoms with Gasteiger partial charge in [-0.1, -0.05) is 34.6 Å². The normalized spacial score (nSPS) is 17.5. The molecule has 1 aliphatic heterocycles. The van der Waals surface area contributed by atoms with Crippen LogP contribution in [0.4, 0.5) is 5.82 Å². The lowest BCUT2D eigenvalue weighted by atomic mass is 9.93. The Bertz CT molecular complexity index is 979. The molecule has 2 aromatic heterocycles. The number of methoxy groups -OCH3 is 1. The third-order valence-electron chi connectivity index (χ3n) is 5.83. The summed E-state index contributed by atoms with van der Waals surface area (Å²) >= 11 is 0. The first-order chi connectivity index (χ1) is 16.1. The monoisotopic (exact) mass is 543 g/mol. The van der Waals surface area contributed by atoms with E-state index in [0.29, 0.717) is 49.8 Å². The summed E-state index contributed by atoms with van der Waals surface area (Å²) in [6.07, 6.45) is 3.78. The maximum Gasteiger partial charge on any atom is 0.310 e. The number of nitrogens with zero attached hydrogens (tertiary/aromatic N) is 3. The molecule has 36 heavy (non-hydrogen) atoms. The second kappa shape index (κ2) is 13.8. The highest BCUT2D eigenvalue weighted by Gasteiger charge is 2.35. The van der Waals surface area contributed by atoms with Crippen LogP contribution in [0.25, 0.3) is 0 Å². The molecule has 11 heteroatoms. The average molecular weight is 545 g/mol. The minimum absolute atomic E-state index is 0. The molecule has 2 atom stereocenters. The van der Waals surface area contributed by atoms with Crippen LogP contribution in [-0.4, -0.2) is 59.5 Å². The maximum atomic E-state index is 13.9. The van der Waals surface area contributed by atoms with Crippen molar-refractivity contribution in [1.29, 1.82) is 0 Å². The van der Waals surface area contributed by atoms with Gasteiger partial charge in [0, 0.05) is 37.3 Å². The number of furan rings is 1. The molecule has 1 fully saturated rings. The van der Waals surface area contributed by atoms with E-state index in [0.717, 1.165) is 5.76 Å². The number of amides is 1. The summed E-state index contributed by atoms with van der Waals surface area (Å²) < 4.78 is 10.4. The Morgan fingerprint density at radius 3 is 2.58 bits per heavy atom. The largest absolute Gasteiger partial charge is 0.469 e. The summed E-state index contributed by atoms with van der Waals surface area (Å²) in [4.78, 5) is 37.2. The average Bonchev–Trinajstić information content (AvgIpc) is 3.33. The van der Waals surface area contributed by atoms with Gasteiger partial charge in [0.25, 0.3) is 5.91 Å². The Labute approximate surface area is 226 Å². The lowest BCUT2D eigenvalue weighted by molar-refractivity contribution is -0.146. The number of nitrogens with one attached hydrogen (secondary N) is 2. The van der Waals surface area contributed by atoms with Crippen LogP contribution in [-0.2, 0) is 21.5 Å². The fourth-order valence-electron chi connectivity index (χ4n) is 4.07. The molecular formula is C25H39Cl2N5O4. The molecule has 0 aromatic carbocycles. The van der Waals surface area contributed by atoms with Crippen LogP contribution in [0.2, 0.25) is 0 Å². The Hall–Kier alpha value is -2.36. The van der Waals surface area contributed by atoms with Crippen LogP contribution in [0, 0.1) is 11.8 Å². The molecule has 0 saturated carbocycles. The molecule has 202 valence electrons. The van der Waals surface area contributed by atoms with E-state index in [1.165, 1.54) is 7.11 Å². The quantitative estimate of drug-likeness (QED) is 0.479. The number of ether oxygens (including phenoxy) is 1. The van der Waals surface area contributed by atoms with E-state index in [1.54, 1.807) is 12.5 Å². The number of aromatic nitrogens is 2. The van der Waals surface area contributed by atoms with Crippen molar-refractivity contribution in [3.05, 3.63) is 41.7 Å². The van der Waals surface area contributed by atoms with Crippen LogP contribution in [0.3, 0.4) is 0 Å². The summed E-state index contributed by atoms with van der Waals surface area (Å²) in [5, 5.41) is 6.57. The molecule has 0 spiro atoms. The second-order valence-electron chi connectivity index (χ2n) is 10.3. The molecule has 0 aliphatic carbocycles. The summed E-state index contributed by atoms with van der Waals surface area (Å²) in [7, 11) is 1.40. The number of esters is 1. The molecule has 9 nitrogen and oxygen atoms in total. The van der Waals surface area contributed by atoms with Crippen molar-refractivity contribution in [2.75, 3.05) is 32.1 Å². The lowest BCUT2D eigenvalue weighted by Crippen LogP contribution is -2.53. The third kappa shape index (κ3) is 8.08. The Morgan fingerprint density at radius 1 is 1.28 bits per heavy atom. The van der Waals surface area contributed by atoms with E-state index >= 15 is 0 Å². The summed E-state index contributed by atoms with van der Waals surface area (Å²) in [6.45, 7) is 12.4. The topological polar surface area (TPSA) is 110 Å². The Kier molecular flexibility index (Phi) is 12.2. The van der Waals surface area contributed by atoms with Gasteiger partial charge < -0.3 is 24.7 Å². The molecule has 0 radical (unpaired) electrons. The van der Waals surface area contributed by atoms with Crippen molar-refractivity contribution >= 4 is 42.5 Å². The molecule has 0 unspecified atom stereocenters. The smallest absolute Gasteiger partial charge is 0.310 e. The second-order valence-corrected chi connectivity index (χ2v) is 10.3. The zero-order valence-corrected chi connectivity index (χ0v) is 23.5. The highest BCUT2D eigenvalue weighted by molar-refractivity contribution is 5.98. The van der Waals surface area contributed by atoms with Gasteiger partial charge in [0.2, 0.25) is 0 Å². The van der Waals surface area contributed by atoms with Crippen LogP contribution in [0.15, 0.2) is 29.0 Å². The molecule has 1 amide bonds. The van der Waals surface area contributed by atoms with Crippen molar-refractivity contribution in [3.8, 4) is 0 Å². The van der Waals surface area contributed by atoms with Crippen molar-refractivity contribution in [3.63, 3.8) is 0 Å². The number of carbonyl (C=O) groups excluding carboxylic acids is 2. The molecule has 2 aromatic rings. The number of halogens is 2. The summed E-state index contributed by atoms with van der Waals surface area (Å²) in [5.74, 6) is 1.40. The number of hydrogen-bond donors (Lipinski definition) is 2. The Balaban J connectivity index is 0.00000324. The fourth-order valence-corrected chi connectivity index (χ4v) is 4.07. The predicted octanol–water partition coefficient (Wildman–Crippen LogP) is 4.07. The SMILES string of the molecule is COC(=O)[C@@H]1CNC[C@H](N(CC(C)C)C(=O)c2cnc(C(C)(C)C)nc2NCc2ccco2)C1.Cl.Cl. The highest BCUT2D eigenvalue weighted by atomic mass is 35.5. The van der Waals surface area contributed by atoms with Gasteiger partial charge in [-0.25, -0.2) is 9.97 Å². The lowest BCUT2D eigenvalue weighted by Gasteiger charge is -2.38. The van der Waals surface area contributed by atoms with Crippen LogP contribution < -0.4 is 10.6 Å². The van der Waals surface area contributed by atoms with Gasteiger partial charge in [-0.2, -0.15) is 0 Å². The van der Waals surface area contributed by atoms with E-state index < -0.39 is 0 Å². The van der Waals surface area contributed by atoms with Gasteiger partial charge >= 0.3 is 5.97 Å². The number of hydrogen-bond acceptors (Lipinski definition) is 8. The van der Waals surface area contributed by atoms with Crippen molar-refractivity contribution in [2.24, 2.45) is 11.8 Å². The molecular weight excluding hydrogens is 505 g/mol. The number of carbonyl (C=O) groups is 2. The van der Waals surface area contributed by atoms with Gasteiger partial charge in [-0.3, -0.25) is 9.59 Å². The maximum absolute atomic E-state index is 13.9. The van der Waals surface area contributed by atoms with E-state index in [2.05, 4.69) is 29.5 Å². The van der Waals surface area contributed by atoms with Gasteiger partial charge in [0.05, 0.1) is 25.8 Å². The van der Waals surface area contributed by atoms with Gasteiger partial charge in [0.15, 0.2) is 0 Å². The highest BCUT2D eigenvalue weighted by Crippen LogP contribution is 2.26. The van der Waals surface area contributed by atoms with Gasteiger partial charge in [-0.15, -0.1) is 24.8 Å². The van der Waals surface area contributed by atoms with E-state index in [-0.39, 0.29) is 60.0 Å². The standard InChI is InChI=1S/C25H37N5O4.2ClH/c1-16(2)15-30(18-10-17(11-26-12-18)23(32)33-6)22(31)20-14-28-24(25(3,4)5)29-21(20)27-13-19-8-7-9-34-19;;/h7-9,14,16-18,26H,10-13,15H2,1-6H3,(H,27,28,29);2*1H/t17-,18+;;/m0../s1. The van der Waals surface area contributed by atoms with Crippen LogP contribution >= 0.6 is 24.8 Å². The van der Waals surface area contributed by atoms with E-state index in [9.17, 15) is 9.59 Å². The molecule has 3 rings (SSSR count). The van der Waals surface area contributed by atoms with Gasteiger partial charge in [0.1, 0.15) is 23.0 Å². The first-order valence-electron chi connectivity index (χ1n) is 11.8. The van der Waals surface area contributed by atoms with Crippen molar-refractivity contribution in [2.45, 2.75) is 59.0 Å². The zero-order chi connectivity index (χ0) is 24.9. The minimum atomic E-state index is -0.290. The van der Waals surface area contributed by atoms with Crippen LogP contribution in [0.1, 0.15) is 63.0 Å². The first kappa shape index (κ1) is 31.7. The summed E-state index contributed by atoms with van der Waals surface area (Å²) in [6, 6.07) is 3.54. The Morgan fingerprint density at radius 2 is 2.00 bits per heavy atom. The molecule has 1 saturated heterocycles. The van der Waals surface area contributed by atoms with Crippen molar-refractivity contribution < 1.29 is 18.7 Å². The third-order valence-corrected chi connectivity index (χ3v) is 5.83. The summed E-state index contributed by atoms with van der Waals surface area (Å²) in [5.41, 5.74) is 0.127. The van der Waals surface area contributed by atoms with Gasteiger partial charge in [-0.05, 0) is 24.5 Å². The number of rotatable bonds is 8. The van der Waals surface area contributed by atoms with E-state index in [4.69, 9.17) is 14.1 Å². The first-order valence-corrected chi connectivity index (χ1v) is 11.8. The number of anilines is 1. The molecule has 0 bridgehead atoms. The number of piperidine rings is 1.